The first-order valence-electron chi connectivity index (χ1n) is 6.84. The molecule has 0 radical (unpaired) electrons. The summed E-state index contributed by atoms with van der Waals surface area (Å²) in [5.74, 6) is 0.500. The third kappa shape index (κ3) is 2.60. The number of nitrogens with two attached hydrogens (primary N) is 1. The van der Waals surface area contributed by atoms with Crippen LogP contribution in [0.2, 0.25) is 0 Å². The largest absolute Gasteiger partial charge is 0.454 e. The van der Waals surface area contributed by atoms with Crippen LogP contribution in [0.3, 0.4) is 0 Å². The minimum Gasteiger partial charge on any atom is -0.454 e. The van der Waals surface area contributed by atoms with Crippen LogP contribution in [0.25, 0.3) is 10.8 Å². The van der Waals surface area contributed by atoms with Crippen LogP contribution < -0.4 is 10.5 Å². The van der Waals surface area contributed by atoms with Crippen LogP contribution in [-0.2, 0) is 6.54 Å². The molecule has 106 valence electrons. The fraction of sp³-hybridized carbons (Fsp3) is 0.111. The summed E-state index contributed by atoms with van der Waals surface area (Å²) in [7, 11) is 0. The fourth-order valence-electron chi connectivity index (χ4n) is 2.41. The van der Waals surface area contributed by atoms with Gasteiger partial charge in [-0.15, -0.1) is 0 Å². The Morgan fingerprint density at radius 1 is 0.952 bits per heavy atom. The van der Waals surface area contributed by atoms with Crippen molar-refractivity contribution in [1.29, 1.82) is 0 Å². The third-order valence-corrected chi connectivity index (χ3v) is 3.50. The Labute approximate surface area is 123 Å². The Kier molecular flexibility index (Phi) is 3.59. The van der Waals surface area contributed by atoms with Crippen LogP contribution in [0.15, 0.2) is 54.6 Å². The fourth-order valence-corrected chi connectivity index (χ4v) is 2.41. The van der Waals surface area contributed by atoms with Gasteiger partial charge >= 0.3 is 0 Å². The molecule has 3 aromatic carbocycles. The van der Waals surface area contributed by atoms with Gasteiger partial charge in [-0.05, 0) is 41.6 Å². The number of rotatable bonds is 3. The summed E-state index contributed by atoms with van der Waals surface area (Å²) in [6.07, 6.45) is 0. The first-order chi connectivity index (χ1) is 10.2. The molecule has 0 atom stereocenters. The van der Waals surface area contributed by atoms with E-state index in [2.05, 4.69) is 0 Å². The van der Waals surface area contributed by atoms with Crippen molar-refractivity contribution in [2.45, 2.75) is 13.5 Å². The molecule has 0 aliphatic rings. The maximum atomic E-state index is 13.9. The van der Waals surface area contributed by atoms with Gasteiger partial charge in [0.15, 0.2) is 11.6 Å². The van der Waals surface area contributed by atoms with E-state index < -0.39 is 0 Å². The standard InChI is InChI=1S/C18H16FNO/c1-12-6-8-16(19)18(10-12)21-17-9-7-13(11-20)14-4-2-3-5-15(14)17/h2-10H,11,20H2,1H3. The van der Waals surface area contributed by atoms with Crippen molar-refractivity contribution in [3.63, 3.8) is 0 Å². The van der Waals surface area contributed by atoms with Gasteiger partial charge < -0.3 is 10.5 Å². The lowest BCUT2D eigenvalue weighted by atomic mass is 10.0. The van der Waals surface area contributed by atoms with Gasteiger partial charge in [0.1, 0.15) is 5.75 Å². The molecule has 0 saturated heterocycles. The molecule has 0 aromatic heterocycles. The minimum atomic E-state index is -0.368. The molecule has 0 unspecified atom stereocenters. The number of aryl methyl sites for hydroxylation is 1. The topological polar surface area (TPSA) is 35.2 Å². The van der Waals surface area contributed by atoms with E-state index in [1.807, 2.05) is 43.3 Å². The lowest BCUT2D eigenvalue weighted by Gasteiger charge is -2.12. The van der Waals surface area contributed by atoms with Crippen molar-refractivity contribution in [2.75, 3.05) is 0 Å². The van der Waals surface area contributed by atoms with E-state index >= 15 is 0 Å². The number of benzene rings is 3. The van der Waals surface area contributed by atoms with Crippen molar-refractivity contribution >= 4 is 10.8 Å². The lowest BCUT2D eigenvalue weighted by Crippen LogP contribution is -1.98. The maximum absolute atomic E-state index is 13.9. The molecule has 2 nitrogen and oxygen atoms in total. The summed E-state index contributed by atoms with van der Waals surface area (Å²) in [5.41, 5.74) is 7.76. The number of halogens is 1. The zero-order chi connectivity index (χ0) is 14.8. The third-order valence-electron chi connectivity index (χ3n) is 3.50. The van der Waals surface area contributed by atoms with Crippen LogP contribution in [0.1, 0.15) is 11.1 Å². The summed E-state index contributed by atoms with van der Waals surface area (Å²) in [6.45, 7) is 2.36. The molecule has 2 N–H and O–H groups in total. The van der Waals surface area contributed by atoms with Crippen molar-refractivity contribution in [3.8, 4) is 11.5 Å². The second-order valence-corrected chi connectivity index (χ2v) is 5.01. The Hall–Kier alpha value is -2.39. The zero-order valence-electron chi connectivity index (χ0n) is 11.8. The molecule has 0 aliphatic heterocycles. The van der Waals surface area contributed by atoms with Gasteiger partial charge in [-0.25, -0.2) is 4.39 Å². The van der Waals surface area contributed by atoms with Gasteiger partial charge in [0.2, 0.25) is 0 Å². The smallest absolute Gasteiger partial charge is 0.165 e. The predicted molar refractivity (Wildman–Crippen MR) is 83.1 cm³/mol. The van der Waals surface area contributed by atoms with E-state index in [1.54, 1.807) is 12.1 Å². The predicted octanol–water partition coefficient (Wildman–Crippen LogP) is 4.54. The highest BCUT2D eigenvalue weighted by Crippen LogP contribution is 2.33. The van der Waals surface area contributed by atoms with E-state index in [0.717, 1.165) is 21.9 Å². The van der Waals surface area contributed by atoms with E-state index in [0.29, 0.717) is 12.3 Å². The molecule has 0 spiro atoms. The average Bonchev–Trinajstić information content (AvgIpc) is 2.51. The number of hydrogen-bond donors (Lipinski definition) is 1. The molecule has 3 rings (SSSR count). The van der Waals surface area contributed by atoms with Crippen LogP contribution in [0, 0.1) is 12.7 Å². The second-order valence-electron chi connectivity index (χ2n) is 5.01. The van der Waals surface area contributed by atoms with E-state index in [-0.39, 0.29) is 11.6 Å². The number of fused-ring (bicyclic) bond motifs is 1. The van der Waals surface area contributed by atoms with E-state index in [1.165, 1.54) is 6.07 Å². The molecule has 0 aliphatic carbocycles. The van der Waals surface area contributed by atoms with Crippen molar-refractivity contribution in [1.82, 2.24) is 0 Å². The Morgan fingerprint density at radius 2 is 1.71 bits per heavy atom. The normalized spacial score (nSPS) is 10.8. The summed E-state index contributed by atoms with van der Waals surface area (Å²) >= 11 is 0. The molecule has 21 heavy (non-hydrogen) atoms. The van der Waals surface area contributed by atoms with Crippen molar-refractivity contribution in [3.05, 3.63) is 71.5 Å². The molecule has 0 fully saturated rings. The average molecular weight is 281 g/mol. The minimum absolute atomic E-state index is 0.237. The van der Waals surface area contributed by atoms with Crippen LogP contribution >= 0.6 is 0 Å². The number of ether oxygens (including phenoxy) is 1. The molecule has 0 bridgehead atoms. The van der Waals surface area contributed by atoms with Crippen molar-refractivity contribution < 1.29 is 9.13 Å². The molecule has 3 aromatic rings. The second kappa shape index (κ2) is 5.54. The Bertz CT molecular complexity index is 798. The molecular formula is C18H16FNO. The van der Waals surface area contributed by atoms with Gasteiger partial charge in [0.25, 0.3) is 0 Å². The highest BCUT2D eigenvalue weighted by atomic mass is 19.1. The van der Waals surface area contributed by atoms with E-state index in [4.69, 9.17) is 10.5 Å². The highest BCUT2D eigenvalue weighted by molar-refractivity contribution is 5.91. The van der Waals surface area contributed by atoms with Gasteiger partial charge in [-0.2, -0.15) is 0 Å². The summed E-state index contributed by atoms with van der Waals surface area (Å²) in [4.78, 5) is 0. The molecule has 0 heterocycles. The molecule has 0 amide bonds. The van der Waals surface area contributed by atoms with E-state index in [9.17, 15) is 4.39 Å². The van der Waals surface area contributed by atoms with Crippen LogP contribution in [-0.4, -0.2) is 0 Å². The Morgan fingerprint density at radius 3 is 2.48 bits per heavy atom. The summed E-state index contributed by atoms with van der Waals surface area (Å²) in [5, 5.41) is 1.96. The van der Waals surface area contributed by atoms with Gasteiger partial charge in [-0.1, -0.05) is 36.4 Å². The van der Waals surface area contributed by atoms with Crippen LogP contribution in [0.5, 0.6) is 11.5 Å². The van der Waals surface area contributed by atoms with Gasteiger partial charge in [-0.3, -0.25) is 0 Å². The molecule has 0 saturated carbocycles. The SMILES string of the molecule is Cc1ccc(F)c(Oc2ccc(CN)c3ccccc23)c1. The maximum Gasteiger partial charge on any atom is 0.165 e. The molecule has 3 heteroatoms. The van der Waals surface area contributed by atoms with Gasteiger partial charge in [0, 0.05) is 11.9 Å². The summed E-state index contributed by atoms with van der Waals surface area (Å²) in [6, 6.07) is 16.4. The first-order valence-corrected chi connectivity index (χ1v) is 6.84. The molecular weight excluding hydrogens is 265 g/mol. The zero-order valence-corrected chi connectivity index (χ0v) is 11.8. The quantitative estimate of drug-likeness (QED) is 0.765. The van der Waals surface area contributed by atoms with Crippen LogP contribution in [0.4, 0.5) is 4.39 Å². The Balaban J connectivity index is 2.11. The number of hydrogen-bond acceptors (Lipinski definition) is 2. The van der Waals surface area contributed by atoms with Gasteiger partial charge in [0.05, 0.1) is 0 Å². The lowest BCUT2D eigenvalue weighted by molar-refractivity contribution is 0.446. The first kappa shape index (κ1) is 13.6. The van der Waals surface area contributed by atoms with Crippen molar-refractivity contribution in [2.24, 2.45) is 5.73 Å². The highest BCUT2D eigenvalue weighted by Gasteiger charge is 2.09. The monoisotopic (exact) mass is 281 g/mol. The summed E-state index contributed by atoms with van der Waals surface area (Å²) < 4.78 is 19.6.